The van der Waals surface area contributed by atoms with Gasteiger partial charge in [0.1, 0.15) is 18.2 Å². The second-order valence-electron chi connectivity index (χ2n) is 4.97. The van der Waals surface area contributed by atoms with Gasteiger partial charge in [0.25, 0.3) is 0 Å². The molecule has 2 rings (SSSR count). The van der Waals surface area contributed by atoms with Crippen LogP contribution in [-0.2, 0) is 0 Å². The monoisotopic (exact) mass is 273 g/mol. The maximum absolute atomic E-state index is 13.2. The van der Waals surface area contributed by atoms with Crippen molar-refractivity contribution < 1.29 is 9.13 Å². The molecule has 2 nitrogen and oxygen atoms in total. The number of halogens is 1. The van der Waals surface area contributed by atoms with Gasteiger partial charge in [-0.15, -0.1) is 0 Å². The maximum atomic E-state index is 13.2. The minimum Gasteiger partial charge on any atom is -0.491 e. The van der Waals surface area contributed by atoms with Gasteiger partial charge in [-0.25, -0.2) is 4.39 Å². The first-order valence-corrected chi connectivity index (χ1v) is 6.73. The molecule has 0 aliphatic heterocycles. The molecular weight excluding hydrogens is 253 g/mol. The van der Waals surface area contributed by atoms with E-state index in [1.54, 1.807) is 6.07 Å². The van der Waals surface area contributed by atoms with E-state index >= 15 is 0 Å². The lowest BCUT2D eigenvalue weighted by molar-refractivity contribution is 0.270. The Morgan fingerprint density at radius 3 is 2.45 bits per heavy atom. The van der Waals surface area contributed by atoms with Crippen LogP contribution in [0.1, 0.15) is 22.7 Å². The zero-order chi connectivity index (χ0) is 14.5. The Morgan fingerprint density at radius 2 is 1.80 bits per heavy atom. The van der Waals surface area contributed by atoms with Crippen LogP contribution in [0.4, 0.5) is 4.39 Å². The Labute approximate surface area is 119 Å². The van der Waals surface area contributed by atoms with Crippen molar-refractivity contribution in [2.75, 3.05) is 13.7 Å². The molecule has 2 aromatic carbocycles. The normalized spacial score (nSPS) is 12.2. The molecule has 0 radical (unpaired) electrons. The third kappa shape index (κ3) is 3.58. The molecule has 1 unspecified atom stereocenters. The van der Waals surface area contributed by atoms with E-state index in [0.29, 0.717) is 12.4 Å². The summed E-state index contributed by atoms with van der Waals surface area (Å²) in [6, 6.07) is 13.0. The fraction of sp³-hybridized carbons (Fsp3) is 0.294. The van der Waals surface area contributed by atoms with Gasteiger partial charge in [-0.2, -0.15) is 0 Å². The Kier molecular flexibility index (Phi) is 4.74. The first kappa shape index (κ1) is 14.5. The molecule has 0 amide bonds. The highest BCUT2D eigenvalue weighted by molar-refractivity contribution is 5.33. The molecule has 0 saturated heterocycles. The average Bonchev–Trinajstić information content (AvgIpc) is 2.45. The number of nitrogens with one attached hydrogen (secondary N) is 1. The standard InChI is InChI=1S/C17H20FNO/c1-12-4-7-14(8-5-12)16(19-3)11-20-17-10-15(18)9-6-13(17)2/h4-10,16,19H,11H2,1-3H3. The van der Waals surface area contributed by atoms with Crippen LogP contribution >= 0.6 is 0 Å². The van der Waals surface area contributed by atoms with E-state index in [4.69, 9.17) is 4.74 Å². The number of hydrogen-bond donors (Lipinski definition) is 1. The molecule has 0 fully saturated rings. The number of rotatable bonds is 5. The molecule has 20 heavy (non-hydrogen) atoms. The molecule has 0 saturated carbocycles. The van der Waals surface area contributed by atoms with Crippen LogP contribution in [0.15, 0.2) is 42.5 Å². The van der Waals surface area contributed by atoms with Gasteiger partial charge in [0.2, 0.25) is 0 Å². The molecule has 0 bridgehead atoms. The quantitative estimate of drug-likeness (QED) is 0.895. The van der Waals surface area contributed by atoms with Gasteiger partial charge in [0.05, 0.1) is 6.04 Å². The average molecular weight is 273 g/mol. The maximum Gasteiger partial charge on any atom is 0.126 e. The van der Waals surface area contributed by atoms with Gasteiger partial charge in [0.15, 0.2) is 0 Å². The Morgan fingerprint density at radius 1 is 1.10 bits per heavy atom. The fourth-order valence-electron chi connectivity index (χ4n) is 2.05. The number of aryl methyl sites for hydroxylation is 2. The second kappa shape index (κ2) is 6.53. The van der Waals surface area contributed by atoms with Crippen molar-refractivity contribution in [3.05, 3.63) is 65.0 Å². The molecule has 0 heterocycles. The number of ether oxygens (including phenoxy) is 1. The second-order valence-corrected chi connectivity index (χ2v) is 4.97. The number of likely N-dealkylation sites (N-methyl/N-ethyl adjacent to an activating group) is 1. The van der Waals surface area contributed by atoms with E-state index in [0.717, 1.165) is 11.1 Å². The van der Waals surface area contributed by atoms with Crippen LogP contribution in [-0.4, -0.2) is 13.7 Å². The zero-order valence-corrected chi connectivity index (χ0v) is 12.1. The predicted molar refractivity (Wildman–Crippen MR) is 79.6 cm³/mol. The van der Waals surface area contributed by atoms with Gasteiger partial charge in [-0.3, -0.25) is 0 Å². The van der Waals surface area contributed by atoms with Crippen molar-refractivity contribution in [1.29, 1.82) is 0 Å². The van der Waals surface area contributed by atoms with Gasteiger partial charge in [-0.1, -0.05) is 35.9 Å². The molecular formula is C17H20FNO. The van der Waals surface area contributed by atoms with E-state index in [1.165, 1.54) is 17.7 Å². The molecule has 3 heteroatoms. The summed E-state index contributed by atoms with van der Waals surface area (Å²) in [5.74, 6) is 0.319. The predicted octanol–water partition coefficient (Wildman–Crippen LogP) is 3.78. The molecule has 0 spiro atoms. The summed E-state index contributed by atoms with van der Waals surface area (Å²) in [6.45, 7) is 4.43. The summed E-state index contributed by atoms with van der Waals surface area (Å²) in [7, 11) is 1.90. The Balaban J connectivity index is 2.07. The lowest BCUT2D eigenvalue weighted by Gasteiger charge is -2.18. The SMILES string of the molecule is CNC(COc1cc(F)ccc1C)c1ccc(C)cc1. The van der Waals surface area contributed by atoms with Crippen molar-refractivity contribution in [1.82, 2.24) is 5.32 Å². The smallest absolute Gasteiger partial charge is 0.126 e. The van der Waals surface area contributed by atoms with Gasteiger partial charge >= 0.3 is 0 Å². The zero-order valence-electron chi connectivity index (χ0n) is 12.1. The highest BCUT2D eigenvalue weighted by atomic mass is 19.1. The van der Waals surface area contributed by atoms with E-state index in [2.05, 4.69) is 36.5 Å². The largest absolute Gasteiger partial charge is 0.491 e. The van der Waals surface area contributed by atoms with Crippen molar-refractivity contribution >= 4 is 0 Å². The van der Waals surface area contributed by atoms with Crippen LogP contribution in [0.5, 0.6) is 5.75 Å². The Bertz CT molecular complexity index is 566. The third-order valence-corrected chi connectivity index (χ3v) is 3.38. The van der Waals surface area contributed by atoms with Gasteiger partial charge in [0, 0.05) is 6.07 Å². The molecule has 0 aliphatic carbocycles. The topological polar surface area (TPSA) is 21.3 Å². The van der Waals surface area contributed by atoms with Crippen LogP contribution in [0.25, 0.3) is 0 Å². The summed E-state index contributed by atoms with van der Waals surface area (Å²) in [6.07, 6.45) is 0. The van der Waals surface area contributed by atoms with E-state index in [-0.39, 0.29) is 11.9 Å². The van der Waals surface area contributed by atoms with Crippen LogP contribution in [0.3, 0.4) is 0 Å². The molecule has 0 aliphatic rings. The molecule has 1 N–H and O–H groups in total. The van der Waals surface area contributed by atoms with Crippen LogP contribution in [0, 0.1) is 19.7 Å². The van der Waals surface area contributed by atoms with E-state index in [1.807, 2.05) is 14.0 Å². The summed E-state index contributed by atoms with van der Waals surface area (Å²) >= 11 is 0. The molecule has 106 valence electrons. The summed E-state index contributed by atoms with van der Waals surface area (Å²) < 4.78 is 19.0. The highest BCUT2D eigenvalue weighted by Gasteiger charge is 2.11. The van der Waals surface area contributed by atoms with Crippen molar-refractivity contribution in [2.24, 2.45) is 0 Å². The Hall–Kier alpha value is -1.87. The highest BCUT2D eigenvalue weighted by Crippen LogP contribution is 2.21. The summed E-state index contributed by atoms with van der Waals surface area (Å²) in [5, 5.41) is 3.22. The third-order valence-electron chi connectivity index (χ3n) is 3.38. The van der Waals surface area contributed by atoms with Crippen LogP contribution < -0.4 is 10.1 Å². The van der Waals surface area contributed by atoms with Gasteiger partial charge in [-0.05, 0) is 38.1 Å². The molecule has 0 aromatic heterocycles. The minimum atomic E-state index is -0.276. The lowest BCUT2D eigenvalue weighted by Crippen LogP contribution is -2.23. The van der Waals surface area contributed by atoms with Gasteiger partial charge < -0.3 is 10.1 Å². The first-order chi connectivity index (χ1) is 9.60. The minimum absolute atomic E-state index is 0.0817. The number of hydrogen-bond acceptors (Lipinski definition) is 2. The van der Waals surface area contributed by atoms with Crippen LogP contribution in [0.2, 0.25) is 0 Å². The van der Waals surface area contributed by atoms with E-state index in [9.17, 15) is 4.39 Å². The summed E-state index contributed by atoms with van der Waals surface area (Å²) in [5.41, 5.74) is 3.32. The fourth-order valence-corrected chi connectivity index (χ4v) is 2.05. The number of benzene rings is 2. The van der Waals surface area contributed by atoms with E-state index < -0.39 is 0 Å². The van der Waals surface area contributed by atoms with Crippen molar-refractivity contribution in [3.8, 4) is 5.75 Å². The van der Waals surface area contributed by atoms with Crippen molar-refractivity contribution in [3.63, 3.8) is 0 Å². The summed E-state index contributed by atoms with van der Waals surface area (Å²) in [4.78, 5) is 0. The first-order valence-electron chi connectivity index (χ1n) is 6.73. The van der Waals surface area contributed by atoms with Crippen molar-refractivity contribution in [2.45, 2.75) is 19.9 Å². The molecule has 2 aromatic rings. The molecule has 1 atom stereocenters. The lowest BCUT2D eigenvalue weighted by atomic mass is 10.1.